The molecular formula is C18H19Br2N5O2. The summed E-state index contributed by atoms with van der Waals surface area (Å²) >= 11 is 6.87. The number of ether oxygens (including phenoxy) is 1. The summed E-state index contributed by atoms with van der Waals surface area (Å²) < 4.78 is 11.1. The smallest absolute Gasteiger partial charge is 0.226 e. The fourth-order valence-electron chi connectivity index (χ4n) is 2.49. The Bertz CT molecular complexity index is 934. The molecule has 7 nitrogen and oxygen atoms in total. The summed E-state index contributed by atoms with van der Waals surface area (Å²) in [5.41, 5.74) is 2.56. The normalized spacial score (nSPS) is 10.8. The van der Waals surface area contributed by atoms with E-state index in [-0.39, 0.29) is 12.6 Å². The molecule has 0 unspecified atom stereocenters. The minimum Gasteiger partial charge on any atom is -0.471 e. The second kappa shape index (κ2) is 8.71. The molecule has 0 bridgehead atoms. The van der Waals surface area contributed by atoms with Gasteiger partial charge in [0.25, 0.3) is 0 Å². The van der Waals surface area contributed by atoms with Gasteiger partial charge in [-0.1, -0.05) is 15.9 Å². The maximum absolute atomic E-state index is 12.2. The summed E-state index contributed by atoms with van der Waals surface area (Å²) in [7, 11) is 0. The highest BCUT2D eigenvalue weighted by atomic mass is 79.9. The van der Waals surface area contributed by atoms with Gasteiger partial charge in [0, 0.05) is 16.6 Å². The van der Waals surface area contributed by atoms with Crippen molar-refractivity contribution in [3.05, 3.63) is 57.0 Å². The minimum absolute atomic E-state index is 0.0907. The van der Waals surface area contributed by atoms with Crippen molar-refractivity contribution in [3.8, 4) is 5.75 Å². The van der Waals surface area contributed by atoms with Crippen molar-refractivity contribution < 1.29 is 9.53 Å². The van der Waals surface area contributed by atoms with Crippen molar-refractivity contribution >= 4 is 43.5 Å². The number of aryl methyl sites for hydroxylation is 2. The van der Waals surface area contributed by atoms with Crippen LogP contribution in [0.1, 0.15) is 17.8 Å². The number of halogens is 2. The highest BCUT2D eigenvalue weighted by Crippen LogP contribution is 2.20. The third-order valence-corrected chi connectivity index (χ3v) is 5.61. The Hall–Kier alpha value is -2.13. The number of nitrogens with zero attached hydrogens (tertiary/aromatic N) is 4. The van der Waals surface area contributed by atoms with Crippen LogP contribution in [0.15, 0.2) is 45.6 Å². The molecule has 0 radical (unpaired) electrons. The molecule has 3 rings (SSSR count). The van der Waals surface area contributed by atoms with Crippen LogP contribution in [0.25, 0.3) is 0 Å². The molecule has 9 heteroatoms. The van der Waals surface area contributed by atoms with Crippen molar-refractivity contribution in [2.45, 2.75) is 33.5 Å². The molecular weight excluding hydrogens is 478 g/mol. The zero-order valence-electron chi connectivity index (χ0n) is 14.9. The molecule has 0 spiro atoms. The third-order valence-electron chi connectivity index (χ3n) is 3.94. The maximum atomic E-state index is 12.2. The lowest BCUT2D eigenvalue weighted by atomic mass is 10.3. The van der Waals surface area contributed by atoms with Gasteiger partial charge in [0.05, 0.1) is 34.8 Å². The first-order valence-electron chi connectivity index (χ1n) is 8.32. The first-order valence-corrected chi connectivity index (χ1v) is 9.91. The van der Waals surface area contributed by atoms with Crippen LogP contribution in [0.4, 0.5) is 5.69 Å². The van der Waals surface area contributed by atoms with Crippen molar-refractivity contribution in [1.29, 1.82) is 0 Å². The lowest BCUT2D eigenvalue weighted by Crippen LogP contribution is -2.15. The Kier molecular flexibility index (Phi) is 6.33. The van der Waals surface area contributed by atoms with Crippen LogP contribution in [-0.4, -0.2) is 25.5 Å². The van der Waals surface area contributed by atoms with Crippen molar-refractivity contribution in [2.24, 2.45) is 0 Å². The van der Waals surface area contributed by atoms with E-state index in [1.807, 2.05) is 42.8 Å². The monoisotopic (exact) mass is 495 g/mol. The van der Waals surface area contributed by atoms with Crippen molar-refractivity contribution in [2.75, 3.05) is 5.32 Å². The molecule has 1 N–H and O–H groups in total. The lowest BCUT2D eigenvalue weighted by molar-refractivity contribution is -0.116. The van der Waals surface area contributed by atoms with E-state index in [0.717, 1.165) is 26.1 Å². The predicted molar refractivity (Wildman–Crippen MR) is 110 cm³/mol. The molecule has 27 heavy (non-hydrogen) atoms. The van der Waals surface area contributed by atoms with Gasteiger partial charge in [0.15, 0.2) is 6.73 Å². The summed E-state index contributed by atoms with van der Waals surface area (Å²) in [5, 5.41) is 11.4. The first kappa shape index (κ1) is 19.6. The van der Waals surface area contributed by atoms with E-state index in [1.165, 1.54) is 0 Å². The second-order valence-corrected chi connectivity index (χ2v) is 7.71. The minimum atomic E-state index is -0.0907. The summed E-state index contributed by atoms with van der Waals surface area (Å²) in [4.78, 5) is 12.2. The lowest BCUT2D eigenvalue weighted by Gasteiger charge is -2.06. The van der Waals surface area contributed by atoms with Gasteiger partial charge in [-0.2, -0.15) is 10.2 Å². The molecule has 142 valence electrons. The van der Waals surface area contributed by atoms with Crippen LogP contribution in [0.3, 0.4) is 0 Å². The Labute approximate surface area is 174 Å². The Morgan fingerprint density at radius 3 is 2.63 bits per heavy atom. The van der Waals surface area contributed by atoms with E-state index >= 15 is 0 Å². The molecule has 0 fully saturated rings. The SMILES string of the molecule is Cc1nn(CCC(=O)Nc2cnn(COc3ccc(Br)cc3)c2)c(C)c1Br. The van der Waals surface area contributed by atoms with Crippen molar-refractivity contribution in [3.63, 3.8) is 0 Å². The number of nitrogens with one attached hydrogen (secondary N) is 1. The molecule has 1 amide bonds. The van der Waals surface area contributed by atoms with Crippen molar-refractivity contribution in [1.82, 2.24) is 19.6 Å². The Morgan fingerprint density at radius 1 is 1.22 bits per heavy atom. The Morgan fingerprint density at radius 2 is 1.96 bits per heavy atom. The maximum Gasteiger partial charge on any atom is 0.226 e. The average Bonchev–Trinajstić information content (AvgIpc) is 3.19. The first-order chi connectivity index (χ1) is 12.9. The number of aromatic nitrogens is 4. The Balaban J connectivity index is 1.48. The summed E-state index contributed by atoms with van der Waals surface area (Å²) in [6, 6.07) is 7.55. The molecule has 0 aliphatic heterocycles. The molecule has 2 heterocycles. The number of carbonyl (C=O) groups is 1. The third kappa shape index (κ3) is 5.20. The highest BCUT2D eigenvalue weighted by molar-refractivity contribution is 9.10. The average molecular weight is 497 g/mol. The fraction of sp³-hybridized carbons (Fsp3) is 0.278. The predicted octanol–water partition coefficient (Wildman–Crippen LogP) is 4.29. The van der Waals surface area contributed by atoms with E-state index < -0.39 is 0 Å². The zero-order chi connectivity index (χ0) is 19.4. The number of rotatable bonds is 7. The summed E-state index contributed by atoms with van der Waals surface area (Å²) in [6.45, 7) is 4.68. The van der Waals surface area contributed by atoms with Gasteiger partial charge in [0.2, 0.25) is 5.91 Å². The zero-order valence-corrected chi connectivity index (χ0v) is 18.1. The second-order valence-electron chi connectivity index (χ2n) is 6.00. The van der Waals surface area contributed by atoms with Crippen LogP contribution in [0.2, 0.25) is 0 Å². The number of hydrogen-bond donors (Lipinski definition) is 1. The quantitative estimate of drug-likeness (QED) is 0.529. The molecule has 2 aromatic heterocycles. The molecule has 1 aromatic carbocycles. The fourth-order valence-corrected chi connectivity index (χ4v) is 3.04. The van der Waals surface area contributed by atoms with E-state index in [4.69, 9.17) is 4.74 Å². The van der Waals surface area contributed by atoms with Crippen LogP contribution >= 0.6 is 31.9 Å². The number of benzene rings is 1. The molecule has 0 aliphatic rings. The van der Waals surface area contributed by atoms with Gasteiger partial charge in [-0.05, 0) is 54.0 Å². The number of anilines is 1. The van der Waals surface area contributed by atoms with Crippen LogP contribution in [-0.2, 0) is 18.1 Å². The van der Waals surface area contributed by atoms with Crippen LogP contribution < -0.4 is 10.1 Å². The number of hydrogen-bond acceptors (Lipinski definition) is 4. The van der Waals surface area contributed by atoms with Gasteiger partial charge in [-0.25, -0.2) is 4.68 Å². The van der Waals surface area contributed by atoms with E-state index in [1.54, 1.807) is 17.1 Å². The molecule has 0 saturated heterocycles. The van der Waals surface area contributed by atoms with E-state index in [0.29, 0.717) is 18.7 Å². The topological polar surface area (TPSA) is 74.0 Å². The summed E-state index contributed by atoms with van der Waals surface area (Å²) in [5.74, 6) is 0.655. The van der Waals surface area contributed by atoms with Gasteiger partial charge < -0.3 is 10.1 Å². The standard InChI is InChI=1S/C18H19Br2N5O2/c1-12-18(20)13(2)25(23-12)8-7-17(26)22-15-9-21-24(10-15)11-27-16-5-3-14(19)4-6-16/h3-6,9-10H,7-8,11H2,1-2H3,(H,22,26). The largest absolute Gasteiger partial charge is 0.471 e. The molecule has 3 aromatic rings. The van der Waals surface area contributed by atoms with E-state index in [9.17, 15) is 4.79 Å². The van der Waals surface area contributed by atoms with Crippen LogP contribution in [0, 0.1) is 13.8 Å². The van der Waals surface area contributed by atoms with Gasteiger partial charge in [-0.15, -0.1) is 0 Å². The van der Waals surface area contributed by atoms with Crippen LogP contribution in [0.5, 0.6) is 5.75 Å². The van der Waals surface area contributed by atoms with Gasteiger partial charge >= 0.3 is 0 Å². The summed E-state index contributed by atoms with van der Waals surface area (Å²) in [6.07, 6.45) is 3.66. The highest BCUT2D eigenvalue weighted by Gasteiger charge is 2.11. The molecule has 0 aliphatic carbocycles. The van der Waals surface area contributed by atoms with Gasteiger partial charge in [0.1, 0.15) is 5.75 Å². The molecule has 0 saturated carbocycles. The van der Waals surface area contributed by atoms with E-state index in [2.05, 4.69) is 47.4 Å². The molecule has 0 atom stereocenters. The number of amides is 1. The van der Waals surface area contributed by atoms with Gasteiger partial charge in [-0.3, -0.25) is 9.48 Å². The number of carbonyl (C=O) groups excluding carboxylic acids is 1.